The number of nitrogens with zero attached hydrogens (tertiary/aromatic N) is 2. The summed E-state index contributed by atoms with van der Waals surface area (Å²) < 4.78 is 0.976. The zero-order valence-electron chi connectivity index (χ0n) is 13.4. The topological polar surface area (TPSA) is 70.0 Å². The van der Waals surface area contributed by atoms with E-state index in [4.69, 9.17) is 5.11 Å². The maximum atomic E-state index is 12.5. The molecule has 0 saturated heterocycles. The molecule has 2 aromatic rings. The molecule has 0 bridgehead atoms. The van der Waals surface area contributed by atoms with Crippen LogP contribution in [0.2, 0.25) is 0 Å². The molecule has 0 unspecified atom stereocenters. The van der Waals surface area contributed by atoms with Crippen molar-refractivity contribution in [2.45, 2.75) is 25.3 Å². The van der Waals surface area contributed by atoms with E-state index in [0.29, 0.717) is 6.42 Å². The zero-order chi connectivity index (χ0) is 17.8. The normalized spacial score (nSPS) is 16.6. The van der Waals surface area contributed by atoms with Gasteiger partial charge in [0.25, 0.3) is 0 Å². The van der Waals surface area contributed by atoms with Gasteiger partial charge in [0, 0.05) is 17.3 Å². The Morgan fingerprint density at radius 2 is 1.76 bits per heavy atom. The number of amides is 1. The number of carbonyl (C=O) groups excluding carboxylic acids is 1. The lowest BCUT2D eigenvalue weighted by molar-refractivity contribution is -0.141. The molecular weight excluding hydrogens is 384 g/mol. The first-order valence-corrected chi connectivity index (χ1v) is 8.76. The van der Waals surface area contributed by atoms with Crippen molar-refractivity contribution in [2.75, 3.05) is 0 Å². The van der Waals surface area contributed by atoms with E-state index in [1.807, 2.05) is 54.6 Å². The van der Waals surface area contributed by atoms with Gasteiger partial charge in [-0.05, 0) is 23.3 Å². The molecular formula is C19H17BrN2O3. The quantitative estimate of drug-likeness (QED) is 0.824. The Bertz CT molecular complexity index is 803. The van der Waals surface area contributed by atoms with Gasteiger partial charge >= 0.3 is 5.97 Å². The molecule has 25 heavy (non-hydrogen) atoms. The lowest BCUT2D eigenvalue weighted by atomic mass is 9.98. The molecule has 1 aliphatic heterocycles. The van der Waals surface area contributed by atoms with E-state index in [-0.39, 0.29) is 24.8 Å². The molecule has 0 aliphatic carbocycles. The lowest BCUT2D eigenvalue weighted by Crippen LogP contribution is -2.27. The third-order valence-electron chi connectivity index (χ3n) is 4.08. The Hall–Kier alpha value is -2.47. The van der Waals surface area contributed by atoms with Gasteiger partial charge in [0.05, 0.1) is 18.2 Å². The number of carbonyl (C=O) groups is 2. The Balaban J connectivity index is 1.88. The molecule has 6 heteroatoms. The van der Waals surface area contributed by atoms with Crippen LogP contribution in [0.4, 0.5) is 0 Å². The summed E-state index contributed by atoms with van der Waals surface area (Å²) in [5, 5.41) is 14.8. The van der Waals surface area contributed by atoms with E-state index in [2.05, 4.69) is 21.0 Å². The van der Waals surface area contributed by atoms with Crippen LogP contribution in [0.5, 0.6) is 0 Å². The average Bonchev–Trinajstić information content (AvgIpc) is 3.06. The standard InChI is InChI=1S/C19H17BrN2O3/c20-15-8-6-13(7-9-15)16-12-17(14-4-2-1-3-5-14)22(21-16)18(23)10-11-19(24)25/h1-9,17H,10-12H2,(H,24,25)/t17-/m0/s1. The van der Waals surface area contributed by atoms with Gasteiger partial charge in [-0.3, -0.25) is 9.59 Å². The SMILES string of the molecule is O=C(O)CCC(=O)N1N=C(c2ccc(Br)cc2)C[C@H]1c1ccccc1. The van der Waals surface area contributed by atoms with Crippen molar-refractivity contribution in [3.05, 3.63) is 70.2 Å². The van der Waals surface area contributed by atoms with E-state index in [1.54, 1.807) is 0 Å². The monoisotopic (exact) mass is 400 g/mol. The second kappa shape index (κ2) is 7.61. The van der Waals surface area contributed by atoms with Gasteiger partial charge in [-0.2, -0.15) is 5.10 Å². The summed E-state index contributed by atoms with van der Waals surface area (Å²) in [6.45, 7) is 0. The van der Waals surface area contributed by atoms with Crippen LogP contribution in [0.3, 0.4) is 0 Å². The van der Waals surface area contributed by atoms with Gasteiger partial charge in [-0.1, -0.05) is 58.4 Å². The molecule has 2 aromatic carbocycles. The number of carboxylic acids is 1. The zero-order valence-corrected chi connectivity index (χ0v) is 15.0. The number of aliphatic carboxylic acids is 1. The van der Waals surface area contributed by atoms with Crippen LogP contribution in [0.25, 0.3) is 0 Å². The predicted molar refractivity (Wildman–Crippen MR) is 98.2 cm³/mol. The number of rotatable bonds is 5. The highest BCUT2D eigenvalue weighted by Crippen LogP contribution is 2.33. The number of hydrogen-bond donors (Lipinski definition) is 1. The maximum Gasteiger partial charge on any atom is 0.303 e. The number of carboxylic acid groups (broad SMARTS) is 1. The van der Waals surface area contributed by atoms with Crippen molar-refractivity contribution in [2.24, 2.45) is 5.10 Å². The van der Waals surface area contributed by atoms with E-state index < -0.39 is 5.97 Å². The third kappa shape index (κ3) is 4.14. The van der Waals surface area contributed by atoms with E-state index in [9.17, 15) is 9.59 Å². The van der Waals surface area contributed by atoms with Crippen LogP contribution >= 0.6 is 15.9 Å². The van der Waals surface area contributed by atoms with E-state index in [0.717, 1.165) is 21.3 Å². The summed E-state index contributed by atoms with van der Waals surface area (Å²) in [6.07, 6.45) is 0.347. The van der Waals surface area contributed by atoms with Gasteiger partial charge in [-0.25, -0.2) is 5.01 Å². The Kier molecular flexibility index (Phi) is 5.28. The van der Waals surface area contributed by atoms with E-state index in [1.165, 1.54) is 5.01 Å². The highest BCUT2D eigenvalue weighted by molar-refractivity contribution is 9.10. The first-order chi connectivity index (χ1) is 12.0. The Morgan fingerprint density at radius 3 is 2.40 bits per heavy atom. The minimum Gasteiger partial charge on any atom is -0.481 e. The number of benzene rings is 2. The highest BCUT2D eigenvalue weighted by Gasteiger charge is 2.32. The van der Waals surface area contributed by atoms with Gasteiger partial charge in [0.1, 0.15) is 0 Å². The van der Waals surface area contributed by atoms with Crippen molar-refractivity contribution in [3.8, 4) is 0 Å². The van der Waals surface area contributed by atoms with Crippen LogP contribution in [-0.2, 0) is 9.59 Å². The molecule has 1 atom stereocenters. The minimum absolute atomic E-state index is 0.0597. The Labute approximate surface area is 154 Å². The largest absolute Gasteiger partial charge is 0.481 e. The molecule has 128 valence electrons. The fourth-order valence-electron chi connectivity index (χ4n) is 2.82. The molecule has 3 rings (SSSR count). The third-order valence-corrected chi connectivity index (χ3v) is 4.61. The molecule has 5 nitrogen and oxygen atoms in total. The maximum absolute atomic E-state index is 12.5. The van der Waals surface area contributed by atoms with E-state index >= 15 is 0 Å². The summed E-state index contributed by atoms with van der Waals surface area (Å²) in [6, 6.07) is 17.3. The van der Waals surface area contributed by atoms with Crippen molar-refractivity contribution < 1.29 is 14.7 Å². The predicted octanol–water partition coefficient (Wildman–Crippen LogP) is 3.99. The first kappa shape index (κ1) is 17.4. The molecule has 0 saturated carbocycles. The fraction of sp³-hybridized carbons (Fsp3) is 0.211. The molecule has 1 N–H and O–H groups in total. The van der Waals surface area contributed by atoms with Gasteiger partial charge in [0.15, 0.2) is 0 Å². The van der Waals surface area contributed by atoms with Crippen molar-refractivity contribution in [3.63, 3.8) is 0 Å². The number of hydrazone groups is 1. The van der Waals surface area contributed by atoms with Crippen LogP contribution in [0.15, 0.2) is 64.2 Å². The molecule has 0 aromatic heterocycles. The van der Waals surface area contributed by atoms with Crippen LogP contribution in [0.1, 0.15) is 36.4 Å². The molecule has 0 fully saturated rings. The van der Waals surface area contributed by atoms with Crippen LogP contribution < -0.4 is 0 Å². The molecule has 0 spiro atoms. The summed E-state index contributed by atoms with van der Waals surface area (Å²) >= 11 is 3.41. The smallest absolute Gasteiger partial charge is 0.303 e. The molecule has 1 heterocycles. The minimum atomic E-state index is -0.985. The molecule has 0 radical (unpaired) electrons. The first-order valence-electron chi connectivity index (χ1n) is 7.97. The highest BCUT2D eigenvalue weighted by atomic mass is 79.9. The van der Waals surface area contributed by atoms with Crippen LogP contribution in [0, 0.1) is 0 Å². The summed E-state index contributed by atoms with van der Waals surface area (Å²) in [5.41, 5.74) is 2.77. The summed E-state index contributed by atoms with van der Waals surface area (Å²) in [4.78, 5) is 23.3. The van der Waals surface area contributed by atoms with Gasteiger partial charge < -0.3 is 5.11 Å². The van der Waals surface area contributed by atoms with Crippen molar-refractivity contribution in [1.82, 2.24) is 5.01 Å². The summed E-state index contributed by atoms with van der Waals surface area (Å²) in [5.74, 6) is -1.26. The Morgan fingerprint density at radius 1 is 1.08 bits per heavy atom. The van der Waals surface area contributed by atoms with Gasteiger partial charge in [0.2, 0.25) is 5.91 Å². The summed E-state index contributed by atoms with van der Waals surface area (Å²) in [7, 11) is 0. The fourth-order valence-corrected chi connectivity index (χ4v) is 3.08. The molecule has 1 amide bonds. The van der Waals surface area contributed by atoms with Crippen molar-refractivity contribution >= 4 is 33.5 Å². The molecule has 1 aliphatic rings. The second-order valence-electron chi connectivity index (χ2n) is 5.82. The number of halogens is 1. The number of hydrogen-bond acceptors (Lipinski definition) is 3. The van der Waals surface area contributed by atoms with Gasteiger partial charge in [-0.15, -0.1) is 0 Å². The second-order valence-corrected chi connectivity index (χ2v) is 6.73. The average molecular weight is 401 g/mol. The van der Waals surface area contributed by atoms with Crippen LogP contribution in [-0.4, -0.2) is 27.7 Å². The van der Waals surface area contributed by atoms with Crippen molar-refractivity contribution in [1.29, 1.82) is 0 Å². The lowest BCUT2D eigenvalue weighted by Gasteiger charge is -2.21.